The standard InChI is InChI=1S/C25H26N4O5/c1-30-19-13-17-18(14-20(19)31-2)28-25(27-15-9-7-6-8-10-15)29-24(17)26-16-11-21(32-3)23(34-5)22(12-16)33-4/h6-14H,1-5H3,(H2,26,27,28,29). The lowest BCUT2D eigenvalue weighted by Crippen LogP contribution is -2.04. The van der Waals surface area contributed by atoms with Crippen LogP contribution in [0.4, 0.5) is 23.1 Å². The van der Waals surface area contributed by atoms with Crippen LogP contribution in [0.25, 0.3) is 10.9 Å². The van der Waals surface area contributed by atoms with Crippen molar-refractivity contribution in [2.45, 2.75) is 0 Å². The van der Waals surface area contributed by atoms with Crippen molar-refractivity contribution in [1.82, 2.24) is 9.97 Å². The Hall–Kier alpha value is -4.40. The Morgan fingerprint density at radius 2 is 1.21 bits per heavy atom. The molecule has 0 aliphatic carbocycles. The Morgan fingerprint density at radius 1 is 0.588 bits per heavy atom. The van der Waals surface area contributed by atoms with Crippen molar-refractivity contribution in [3.63, 3.8) is 0 Å². The van der Waals surface area contributed by atoms with Crippen molar-refractivity contribution >= 4 is 34.0 Å². The van der Waals surface area contributed by atoms with Crippen LogP contribution < -0.4 is 34.3 Å². The Kier molecular flexibility index (Phi) is 6.72. The quantitative estimate of drug-likeness (QED) is 0.350. The number of nitrogens with zero attached hydrogens (tertiary/aromatic N) is 2. The van der Waals surface area contributed by atoms with Gasteiger partial charge in [0.15, 0.2) is 23.0 Å². The van der Waals surface area contributed by atoms with Gasteiger partial charge in [-0.1, -0.05) is 18.2 Å². The van der Waals surface area contributed by atoms with Crippen LogP contribution in [-0.4, -0.2) is 45.5 Å². The fraction of sp³-hybridized carbons (Fsp3) is 0.200. The molecule has 9 heteroatoms. The lowest BCUT2D eigenvalue weighted by Gasteiger charge is -2.17. The highest BCUT2D eigenvalue weighted by molar-refractivity contribution is 5.94. The highest BCUT2D eigenvalue weighted by Gasteiger charge is 2.17. The summed E-state index contributed by atoms with van der Waals surface area (Å²) in [6.07, 6.45) is 0. The molecule has 0 fully saturated rings. The second kappa shape index (κ2) is 10.0. The summed E-state index contributed by atoms with van der Waals surface area (Å²) in [7, 11) is 7.87. The second-order valence-electron chi connectivity index (χ2n) is 7.15. The number of fused-ring (bicyclic) bond motifs is 1. The molecule has 1 aromatic heterocycles. The summed E-state index contributed by atoms with van der Waals surface area (Å²) < 4.78 is 27.4. The van der Waals surface area contributed by atoms with Crippen molar-refractivity contribution in [1.29, 1.82) is 0 Å². The number of hydrogen-bond acceptors (Lipinski definition) is 9. The minimum atomic E-state index is 0.417. The highest BCUT2D eigenvalue weighted by Crippen LogP contribution is 2.42. The van der Waals surface area contributed by atoms with E-state index in [9.17, 15) is 0 Å². The summed E-state index contributed by atoms with van der Waals surface area (Å²) in [4.78, 5) is 9.42. The molecular weight excluding hydrogens is 436 g/mol. The normalized spacial score (nSPS) is 10.5. The van der Waals surface area contributed by atoms with Crippen LogP contribution in [0.15, 0.2) is 54.6 Å². The number of hydrogen-bond donors (Lipinski definition) is 2. The number of anilines is 4. The van der Waals surface area contributed by atoms with Gasteiger partial charge in [0.2, 0.25) is 11.7 Å². The fourth-order valence-electron chi connectivity index (χ4n) is 3.55. The fourth-order valence-corrected chi connectivity index (χ4v) is 3.55. The molecule has 0 bridgehead atoms. The van der Waals surface area contributed by atoms with Gasteiger partial charge in [0.05, 0.1) is 41.1 Å². The van der Waals surface area contributed by atoms with Gasteiger partial charge < -0.3 is 34.3 Å². The Labute approximate surface area is 197 Å². The summed E-state index contributed by atoms with van der Waals surface area (Å²) in [5.74, 6) is 3.64. The molecule has 3 aromatic carbocycles. The van der Waals surface area contributed by atoms with Crippen LogP contribution in [0.1, 0.15) is 0 Å². The van der Waals surface area contributed by atoms with Gasteiger partial charge in [-0.15, -0.1) is 0 Å². The molecule has 0 saturated heterocycles. The minimum Gasteiger partial charge on any atom is -0.493 e. The van der Waals surface area contributed by atoms with Crippen molar-refractivity contribution in [2.24, 2.45) is 0 Å². The van der Waals surface area contributed by atoms with Crippen LogP contribution >= 0.6 is 0 Å². The van der Waals surface area contributed by atoms with Gasteiger partial charge in [-0.2, -0.15) is 4.98 Å². The molecule has 34 heavy (non-hydrogen) atoms. The first-order valence-electron chi connectivity index (χ1n) is 10.4. The van der Waals surface area contributed by atoms with Gasteiger partial charge >= 0.3 is 0 Å². The molecule has 2 N–H and O–H groups in total. The SMILES string of the molecule is COc1cc2nc(Nc3ccccc3)nc(Nc3cc(OC)c(OC)c(OC)c3)c2cc1OC. The summed E-state index contributed by atoms with van der Waals surface area (Å²) in [5, 5.41) is 7.35. The molecule has 176 valence electrons. The van der Waals surface area contributed by atoms with E-state index in [4.69, 9.17) is 28.7 Å². The van der Waals surface area contributed by atoms with Gasteiger partial charge in [0.25, 0.3) is 0 Å². The molecule has 4 rings (SSSR count). The Balaban J connectivity index is 1.85. The average molecular weight is 463 g/mol. The summed E-state index contributed by atoms with van der Waals surface area (Å²) in [6, 6.07) is 17.0. The molecule has 9 nitrogen and oxygen atoms in total. The van der Waals surface area contributed by atoms with E-state index in [2.05, 4.69) is 15.6 Å². The summed E-state index contributed by atoms with van der Waals surface area (Å²) in [5.41, 5.74) is 2.22. The van der Waals surface area contributed by atoms with Crippen LogP contribution in [0.3, 0.4) is 0 Å². The van der Waals surface area contributed by atoms with E-state index in [1.165, 1.54) is 0 Å². The molecule has 4 aromatic rings. The highest BCUT2D eigenvalue weighted by atomic mass is 16.5. The van der Waals surface area contributed by atoms with Gasteiger partial charge in [0.1, 0.15) is 5.82 Å². The number of benzene rings is 3. The van der Waals surface area contributed by atoms with Crippen LogP contribution in [0.2, 0.25) is 0 Å². The molecule has 0 aliphatic rings. The Morgan fingerprint density at radius 3 is 1.79 bits per heavy atom. The zero-order valence-corrected chi connectivity index (χ0v) is 19.6. The average Bonchev–Trinajstić information content (AvgIpc) is 2.87. The minimum absolute atomic E-state index is 0.417. The van der Waals surface area contributed by atoms with Gasteiger partial charge in [-0.05, 0) is 18.2 Å². The number of methoxy groups -OCH3 is 5. The monoisotopic (exact) mass is 462 g/mol. The number of para-hydroxylation sites is 1. The van der Waals surface area contributed by atoms with Gasteiger partial charge in [-0.3, -0.25) is 0 Å². The van der Waals surface area contributed by atoms with Crippen LogP contribution in [0, 0.1) is 0 Å². The zero-order valence-electron chi connectivity index (χ0n) is 19.6. The van der Waals surface area contributed by atoms with Gasteiger partial charge in [0, 0.05) is 35.0 Å². The van der Waals surface area contributed by atoms with Gasteiger partial charge in [-0.25, -0.2) is 4.98 Å². The molecular formula is C25H26N4O5. The number of ether oxygens (including phenoxy) is 5. The largest absolute Gasteiger partial charge is 0.493 e. The zero-order chi connectivity index (χ0) is 24.1. The van der Waals surface area contributed by atoms with Crippen molar-refractivity contribution in [3.8, 4) is 28.7 Å². The van der Waals surface area contributed by atoms with E-state index in [1.54, 1.807) is 47.7 Å². The third-order valence-electron chi connectivity index (χ3n) is 5.16. The first kappa shape index (κ1) is 22.8. The molecule has 0 atom stereocenters. The molecule has 0 amide bonds. The summed E-state index contributed by atoms with van der Waals surface area (Å²) >= 11 is 0. The van der Waals surface area contributed by atoms with Crippen molar-refractivity contribution < 1.29 is 23.7 Å². The van der Waals surface area contributed by atoms with Crippen LogP contribution in [0.5, 0.6) is 28.7 Å². The molecule has 0 saturated carbocycles. The smallest absolute Gasteiger partial charge is 0.229 e. The molecule has 0 aliphatic heterocycles. The molecule has 0 radical (unpaired) electrons. The van der Waals surface area contributed by atoms with E-state index in [0.717, 1.165) is 11.1 Å². The number of nitrogens with one attached hydrogen (secondary N) is 2. The molecule has 0 unspecified atom stereocenters. The van der Waals surface area contributed by atoms with E-state index >= 15 is 0 Å². The van der Waals surface area contributed by atoms with E-state index in [-0.39, 0.29) is 0 Å². The third-order valence-corrected chi connectivity index (χ3v) is 5.16. The lowest BCUT2D eigenvalue weighted by atomic mass is 10.2. The lowest BCUT2D eigenvalue weighted by molar-refractivity contribution is 0.324. The maximum atomic E-state index is 5.50. The van der Waals surface area contributed by atoms with Crippen molar-refractivity contribution in [3.05, 3.63) is 54.6 Å². The van der Waals surface area contributed by atoms with E-state index in [1.807, 2.05) is 42.5 Å². The third kappa shape index (κ3) is 4.54. The number of aromatic nitrogens is 2. The Bertz CT molecular complexity index is 1270. The maximum Gasteiger partial charge on any atom is 0.229 e. The first-order chi connectivity index (χ1) is 16.6. The predicted octanol–water partition coefficient (Wildman–Crippen LogP) is 5.16. The van der Waals surface area contributed by atoms with Crippen LogP contribution in [-0.2, 0) is 0 Å². The molecule has 0 spiro atoms. The second-order valence-corrected chi connectivity index (χ2v) is 7.15. The summed E-state index contributed by atoms with van der Waals surface area (Å²) in [6.45, 7) is 0. The van der Waals surface area contributed by atoms with E-state index in [0.29, 0.717) is 51.7 Å². The molecule has 1 heterocycles. The first-order valence-corrected chi connectivity index (χ1v) is 10.4. The topological polar surface area (TPSA) is 96.0 Å². The number of rotatable bonds is 9. The maximum absolute atomic E-state index is 5.50. The predicted molar refractivity (Wildman–Crippen MR) is 132 cm³/mol. The van der Waals surface area contributed by atoms with E-state index < -0.39 is 0 Å². The van der Waals surface area contributed by atoms with Crippen molar-refractivity contribution in [2.75, 3.05) is 46.2 Å².